The fourth-order valence-corrected chi connectivity index (χ4v) is 8.73. The predicted octanol–water partition coefficient (Wildman–Crippen LogP) is 5.95. The van der Waals surface area contributed by atoms with Crippen molar-refractivity contribution < 1.29 is 28.7 Å². The van der Waals surface area contributed by atoms with E-state index in [0.29, 0.717) is 11.8 Å². The molecule has 58 heavy (non-hydrogen) atoms. The van der Waals surface area contributed by atoms with Crippen LogP contribution in [0.15, 0.2) is 60.9 Å². The molecule has 0 bridgehead atoms. The van der Waals surface area contributed by atoms with Gasteiger partial charge in [-0.25, -0.2) is 19.6 Å². The number of hydrogen-bond donors (Lipinski definition) is 4. The van der Waals surface area contributed by atoms with Gasteiger partial charge < -0.3 is 39.9 Å². The summed E-state index contributed by atoms with van der Waals surface area (Å²) in [7, 11) is 2.59. The Bertz CT molecular complexity index is 2130. The molecule has 302 valence electrons. The van der Waals surface area contributed by atoms with Crippen LogP contribution >= 0.6 is 0 Å². The number of ether oxygens (including phenoxy) is 2. The molecule has 2 unspecified atom stereocenters. The molecule has 4 aromatic rings. The molecule has 4 aliphatic rings. The van der Waals surface area contributed by atoms with Crippen molar-refractivity contribution in [3.05, 3.63) is 83.7 Å². The first-order chi connectivity index (χ1) is 27.9. The molecule has 2 saturated carbocycles. The van der Waals surface area contributed by atoms with Crippen LogP contribution in [0.1, 0.15) is 88.2 Å². The number of fused-ring (bicyclic) bond motifs is 2. The monoisotopic (exact) mass is 786 g/mol. The van der Waals surface area contributed by atoms with E-state index in [4.69, 9.17) is 19.4 Å². The van der Waals surface area contributed by atoms with Crippen LogP contribution in [0, 0.1) is 35.5 Å². The van der Waals surface area contributed by atoms with Crippen LogP contribution in [-0.4, -0.2) is 92.1 Å². The predicted molar refractivity (Wildman–Crippen MR) is 215 cm³/mol. The lowest BCUT2D eigenvalue weighted by Gasteiger charge is -2.31. The van der Waals surface area contributed by atoms with Gasteiger partial charge >= 0.3 is 12.2 Å². The summed E-state index contributed by atoms with van der Waals surface area (Å²) in [6.07, 6.45) is 5.94. The second-order valence-electron chi connectivity index (χ2n) is 16.6. The van der Waals surface area contributed by atoms with Gasteiger partial charge in [0.15, 0.2) is 0 Å². The molecule has 4 N–H and O–H groups in total. The largest absolute Gasteiger partial charge is 0.453 e. The fourth-order valence-electron chi connectivity index (χ4n) is 8.73. The highest BCUT2D eigenvalue weighted by Crippen LogP contribution is 2.54. The Morgan fingerprint density at radius 1 is 0.672 bits per heavy atom. The van der Waals surface area contributed by atoms with Crippen molar-refractivity contribution in [3.63, 3.8) is 0 Å². The number of nitrogens with one attached hydrogen (secondary N) is 4. The van der Waals surface area contributed by atoms with Crippen LogP contribution < -0.4 is 10.6 Å². The SMILES string of the molecule is COC(=O)NC(C(=O)N1[C@@H]2C[C@@H]2C[C@H]1c1ncc(-c2cccc(C#Cc3cccc(-c4cnc([C@@H]5C[C@H]6C[C@H]6N5C(=O)C(NC(=O)OC)C(C)C)[nH]4)c3)c2)[nH]1)C(C)C. The molecule has 2 aromatic carbocycles. The number of hydrogen-bond acceptors (Lipinski definition) is 8. The molecular formula is C44H50N8O6. The number of aromatic amines is 2. The van der Waals surface area contributed by atoms with Gasteiger partial charge in [0, 0.05) is 34.3 Å². The van der Waals surface area contributed by atoms with Gasteiger partial charge in [-0.05, 0) is 73.6 Å². The molecule has 2 aliphatic carbocycles. The highest BCUT2D eigenvalue weighted by Gasteiger charge is 2.57. The maximum Gasteiger partial charge on any atom is 0.407 e. The van der Waals surface area contributed by atoms with Gasteiger partial charge in [-0.15, -0.1) is 0 Å². The quantitative estimate of drug-likeness (QED) is 0.143. The van der Waals surface area contributed by atoms with Crippen LogP contribution in [-0.2, 0) is 19.1 Å². The third kappa shape index (κ3) is 7.65. The number of carbonyl (C=O) groups is 4. The molecule has 2 saturated heterocycles. The van der Waals surface area contributed by atoms with Crippen molar-refractivity contribution in [2.45, 2.75) is 89.6 Å². The molecule has 8 atom stereocenters. The smallest absolute Gasteiger partial charge is 0.407 e. The molecule has 4 heterocycles. The number of imidazole rings is 2. The number of rotatable bonds is 10. The summed E-state index contributed by atoms with van der Waals surface area (Å²) in [4.78, 5) is 72.0. The third-order valence-corrected chi connectivity index (χ3v) is 12.0. The molecule has 4 amide bonds. The van der Waals surface area contributed by atoms with E-state index < -0.39 is 24.3 Å². The van der Waals surface area contributed by atoms with E-state index in [2.05, 4.69) is 32.4 Å². The maximum absolute atomic E-state index is 13.8. The van der Waals surface area contributed by atoms with Gasteiger partial charge in [0.1, 0.15) is 23.7 Å². The van der Waals surface area contributed by atoms with Crippen LogP contribution in [0.5, 0.6) is 0 Å². The standard InChI is InChI=1S/C44H50N8O6/c1-23(2)37(49-43(55)57-5)41(53)51-33-17-29(33)19-35(51)39-45-21-31(47-39)27-11-7-9-25(15-27)13-14-26-10-8-12-28(16-26)32-22-46-40(48-32)36-20-30-18-34(30)52(36)42(54)38(24(3)4)50-44(56)58-6/h7-12,15-16,21-24,29-30,33-38H,17-20H2,1-6H3,(H,45,47)(H,46,48)(H,49,55)(H,50,56)/t29-,30-,33-,34-,35+,36+,37?,38?/m1/s1. The number of amides is 4. The first kappa shape index (κ1) is 38.8. The number of alkyl carbamates (subject to hydrolysis) is 2. The van der Waals surface area contributed by atoms with Crippen molar-refractivity contribution >= 4 is 24.0 Å². The zero-order chi connectivity index (χ0) is 40.8. The number of piperidine rings is 2. The highest BCUT2D eigenvalue weighted by atomic mass is 16.5. The summed E-state index contributed by atoms with van der Waals surface area (Å²) >= 11 is 0. The number of carbonyl (C=O) groups excluding carboxylic acids is 4. The summed E-state index contributed by atoms with van der Waals surface area (Å²) in [6.45, 7) is 7.65. The Morgan fingerprint density at radius 3 is 1.47 bits per heavy atom. The number of likely N-dealkylation sites (tertiary alicyclic amines) is 2. The van der Waals surface area contributed by atoms with Crippen LogP contribution in [0.2, 0.25) is 0 Å². The van der Waals surface area contributed by atoms with Crippen LogP contribution in [0.25, 0.3) is 22.5 Å². The summed E-state index contributed by atoms with van der Waals surface area (Å²) < 4.78 is 9.59. The molecular weight excluding hydrogens is 737 g/mol. The normalized spacial score (nSPS) is 23.7. The lowest BCUT2D eigenvalue weighted by atomic mass is 10.0. The van der Waals surface area contributed by atoms with E-state index in [0.717, 1.165) is 71.0 Å². The third-order valence-electron chi connectivity index (χ3n) is 12.0. The van der Waals surface area contributed by atoms with Crippen molar-refractivity contribution in [3.8, 4) is 34.4 Å². The maximum atomic E-state index is 13.8. The molecule has 2 aromatic heterocycles. The summed E-state index contributed by atoms with van der Waals surface area (Å²) in [5, 5.41) is 5.46. The Morgan fingerprint density at radius 2 is 1.09 bits per heavy atom. The van der Waals surface area contributed by atoms with Gasteiger partial charge in [0.2, 0.25) is 11.8 Å². The average molecular weight is 787 g/mol. The van der Waals surface area contributed by atoms with E-state index >= 15 is 0 Å². The molecule has 2 aliphatic heterocycles. The number of aromatic nitrogens is 4. The van der Waals surface area contributed by atoms with E-state index in [9.17, 15) is 19.2 Å². The van der Waals surface area contributed by atoms with Crippen molar-refractivity contribution in [1.82, 2.24) is 40.4 Å². The summed E-state index contributed by atoms with van der Waals surface area (Å²) in [5.74, 6) is 8.50. The lowest BCUT2D eigenvalue weighted by molar-refractivity contribution is -0.137. The Balaban J connectivity index is 0.958. The number of H-pyrrole nitrogens is 2. The first-order valence-electron chi connectivity index (χ1n) is 20.1. The number of methoxy groups -OCH3 is 2. The second kappa shape index (κ2) is 15.7. The summed E-state index contributed by atoms with van der Waals surface area (Å²) in [5.41, 5.74) is 5.18. The Kier molecular flexibility index (Phi) is 10.5. The second-order valence-corrected chi connectivity index (χ2v) is 16.6. The average Bonchev–Trinajstić information content (AvgIpc) is 3.81. The van der Waals surface area contributed by atoms with Gasteiger partial charge in [-0.2, -0.15) is 0 Å². The fraction of sp³-hybridized carbons (Fsp3) is 0.455. The molecule has 0 spiro atoms. The van der Waals surface area contributed by atoms with Gasteiger partial charge in [0.05, 0.1) is 50.1 Å². The minimum atomic E-state index is -0.691. The molecule has 14 heteroatoms. The van der Waals surface area contributed by atoms with E-state index in [1.807, 2.05) is 86.0 Å². The van der Waals surface area contributed by atoms with Crippen molar-refractivity contribution in [2.75, 3.05) is 14.2 Å². The molecule has 0 radical (unpaired) electrons. The van der Waals surface area contributed by atoms with Gasteiger partial charge in [-0.1, -0.05) is 63.8 Å². The van der Waals surface area contributed by atoms with Crippen molar-refractivity contribution in [2.24, 2.45) is 23.7 Å². The number of nitrogens with zero attached hydrogens (tertiary/aromatic N) is 4. The zero-order valence-electron chi connectivity index (χ0n) is 33.6. The van der Waals surface area contributed by atoms with Crippen LogP contribution in [0.4, 0.5) is 9.59 Å². The van der Waals surface area contributed by atoms with Gasteiger partial charge in [-0.3, -0.25) is 9.59 Å². The van der Waals surface area contributed by atoms with Crippen molar-refractivity contribution in [1.29, 1.82) is 0 Å². The molecule has 14 nitrogen and oxygen atoms in total. The zero-order valence-corrected chi connectivity index (χ0v) is 33.6. The van der Waals surface area contributed by atoms with E-state index in [-0.39, 0.29) is 47.8 Å². The van der Waals surface area contributed by atoms with E-state index in [1.165, 1.54) is 14.2 Å². The minimum Gasteiger partial charge on any atom is -0.453 e. The Labute approximate surface area is 337 Å². The highest BCUT2D eigenvalue weighted by molar-refractivity contribution is 5.88. The molecule has 8 rings (SSSR count). The topological polar surface area (TPSA) is 175 Å². The molecule has 4 fully saturated rings. The Hall–Kier alpha value is -6.10. The van der Waals surface area contributed by atoms with E-state index in [1.54, 1.807) is 12.4 Å². The number of benzene rings is 2. The van der Waals surface area contributed by atoms with Gasteiger partial charge in [0.25, 0.3) is 0 Å². The minimum absolute atomic E-state index is 0.109. The summed E-state index contributed by atoms with van der Waals surface area (Å²) in [6, 6.07) is 14.4. The lowest BCUT2D eigenvalue weighted by Crippen LogP contribution is -2.52. The first-order valence-corrected chi connectivity index (χ1v) is 20.1. The van der Waals surface area contributed by atoms with Crippen LogP contribution in [0.3, 0.4) is 0 Å².